The SMILES string of the molecule is FC(F)(F)C(O[As](Cl)Cl)C(F)(F)F. The van der Waals surface area contributed by atoms with Gasteiger partial charge in [0.2, 0.25) is 0 Å². The summed E-state index contributed by atoms with van der Waals surface area (Å²) in [5.74, 6) is 0. The van der Waals surface area contributed by atoms with Gasteiger partial charge in [-0.05, 0) is 0 Å². The Bertz CT molecular complexity index is 152. The molecular weight excluding hydrogens is 312 g/mol. The maximum absolute atomic E-state index is 11.6. The van der Waals surface area contributed by atoms with Crippen molar-refractivity contribution in [1.29, 1.82) is 0 Å². The van der Waals surface area contributed by atoms with Crippen LogP contribution in [-0.4, -0.2) is 31.6 Å². The summed E-state index contributed by atoms with van der Waals surface area (Å²) in [4.78, 5) is 0. The average Bonchev–Trinajstić information content (AvgIpc) is 1.77. The summed E-state index contributed by atoms with van der Waals surface area (Å²) >= 11 is -3.49. The summed E-state index contributed by atoms with van der Waals surface area (Å²) in [6.45, 7) is 0. The molecule has 80 valence electrons. The van der Waals surface area contributed by atoms with Gasteiger partial charge < -0.3 is 0 Å². The summed E-state index contributed by atoms with van der Waals surface area (Å²) in [6, 6.07) is 0. The Kier molecular flexibility index (Phi) is 4.70. The van der Waals surface area contributed by atoms with Crippen LogP contribution >= 0.6 is 19.9 Å². The second kappa shape index (κ2) is 4.47. The summed E-state index contributed by atoms with van der Waals surface area (Å²) in [6.07, 6.45) is -15.0. The summed E-state index contributed by atoms with van der Waals surface area (Å²) in [5.41, 5.74) is 0. The van der Waals surface area contributed by atoms with Crippen molar-refractivity contribution in [2.24, 2.45) is 0 Å². The van der Waals surface area contributed by atoms with Gasteiger partial charge in [0.25, 0.3) is 0 Å². The monoisotopic (exact) mass is 312 g/mol. The van der Waals surface area contributed by atoms with Gasteiger partial charge in [0.15, 0.2) is 0 Å². The van der Waals surface area contributed by atoms with E-state index >= 15 is 0 Å². The molecule has 0 amide bonds. The van der Waals surface area contributed by atoms with E-state index in [2.05, 4.69) is 3.73 Å². The summed E-state index contributed by atoms with van der Waals surface area (Å²) < 4.78 is 73.2. The standard InChI is InChI=1S/C3HAsCl2F6O/c5-4(6)13-1(2(7,8)9)3(10,11)12/h1H. The van der Waals surface area contributed by atoms with Gasteiger partial charge in [-0.2, -0.15) is 0 Å². The van der Waals surface area contributed by atoms with Gasteiger partial charge in [0, 0.05) is 0 Å². The van der Waals surface area contributed by atoms with E-state index in [-0.39, 0.29) is 0 Å². The molecule has 10 heteroatoms. The molecule has 0 atom stereocenters. The fourth-order valence-electron chi connectivity index (χ4n) is 0.385. The van der Waals surface area contributed by atoms with Crippen LogP contribution in [0, 0.1) is 0 Å². The molecule has 13 heavy (non-hydrogen) atoms. The van der Waals surface area contributed by atoms with Gasteiger partial charge in [-0.15, -0.1) is 0 Å². The Morgan fingerprint density at radius 1 is 0.923 bits per heavy atom. The van der Waals surface area contributed by atoms with E-state index in [0.717, 1.165) is 0 Å². The van der Waals surface area contributed by atoms with Gasteiger partial charge >= 0.3 is 81.5 Å². The molecule has 0 aliphatic rings. The maximum atomic E-state index is 11.6. The third kappa shape index (κ3) is 5.20. The predicted octanol–water partition coefficient (Wildman–Crippen LogP) is 2.96. The van der Waals surface area contributed by atoms with Crippen LogP contribution in [0.15, 0.2) is 0 Å². The van der Waals surface area contributed by atoms with Gasteiger partial charge in [0.1, 0.15) is 0 Å². The molecule has 0 heterocycles. The van der Waals surface area contributed by atoms with Crippen molar-refractivity contribution in [1.82, 2.24) is 0 Å². The fourth-order valence-corrected chi connectivity index (χ4v) is 2.05. The zero-order chi connectivity index (χ0) is 10.9. The number of hydrogen-bond donors (Lipinski definition) is 0. The molecule has 0 spiro atoms. The molecule has 0 fully saturated rings. The number of halogens is 8. The van der Waals surface area contributed by atoms with Crippen molar-refractivity contribution in [2.45, 2.75) is 18.5 Å². The third-order valence-corrected chi connectivity index (χ3v) is 2.38. The molecule has 0 rings (SSSR count). The number of rotatable bonds is 2. The topological polar surface area (TPSA) is 9.23 Å². The van der Waals surface area contributed by atoms with E-state index < -0.39 is 31.6 Å². The van der Waals surface area contributed by atoms with Crippen molar-refractivity contribution < 1.29 is 30.1 Å². The third-order valence-electron chi connectivity index (χ3n) is 0.780. The zero-order valence-corrected chi connectivity index (χ0v) is 8.84. The minimum absolute atomic E-state index is 3.41. The molecule has 0 saturated carbocycles. The molecule has 0 N–H and O–H groups in total. The molecule has 0 aromatic heterocycles. The first-order chi connectivity index (χ1) is 5.55. The Hall–Kier alpha value is 0.678. The summed E-state index contributed by atoms with van der Waals surface area (Å²) in [5, 5.41) is 0. The van der Waals surface area contributed by atoms with Crippen molar-refractivity contribution in [3.63, 3.8) is 0 Å². The van der Waals surface area contributed by atoms with Crippen LogP contribution in [0.5, 0.6) is 0 Å². The normalized spacial score (nSPS) is 14.3. The van der Waals surface area contributed by atoms with E-state index in [9.17, 15) is 26.3 Å². The molecule has 0 saturated heterocycles. The molecule has 0 aliphatic heterocycles. The van der Waals surface area contributed by atoms with Crippen molar-refractivity contribution in [2.75, 3.05) is 0 Å². The Morgan fingerprint density at radius 2 is 1.23 bits per heavy atom. The second-order valence-corrected chi connectivity index (χ2v) is 7.15. The molecular formula is C3HAsCl2F6O. The number of alkyl halides is 6. The average molecular weight is 313 g/mol. The van der Waals surface area contributed by atoms with Crippen LogP contribution in [-0.2, 0) is 3.73 Å². The molecule has 1 nitrogen and oxygen atoms in total. The first-order valence-electron chi connectivity index (χ1n) is 2.47. The minimum atomic E-state index is -5.55. The van der Waals surface area contributed by atoms with Gasteiger partial charge in [-0.3, -0.25) is 0 Å². The molecule has 0 aromatic rings. The Balaban J connectivity index is 4.58. The quantitative estimate of drug-likeness (QED) is 0.563. The second-order valence-electron chi connectivity index (χ2n) is 1.77. The van der Waals surface area contributed by atoms with Gasteiger partial charge in [0.05, 0.1) is 0 Å². The van der Waals surface area contributed by atoms with E-state index in [1.807, 2.05) is 0 Å². The van der Waals surface area contributed by atoms with Gasteiger partial charge in [-0.1, -0.05) is 0 Å². The van der Waals surface area contributed by atoms with Crippen LogP contribution in [0.1, 0.15) is 0 Å². The predicted molar refractivity (Wildman–Crippen MR) is 34.4 cm³/mol. The summed E-state index contributed by atoms with van der Waals surface area (Å²) in [7, 11) is 9.55. The van der Waals surface area contributed by atoms with Crippen LogP contribution in [0.3, 0.4) is 0 Å². The van der Waals surface area contributed by atoms with E-state index in [4.69, 9.17) is 19.9 Å². The zero-order valence-electron chi connectivity index (χ0n) is 5.46. The fraction of sp³-hybridized carbons (Fsp3) is 1.00. The first-order valence-corrected chi connectivity index (χ1v) is 8.17. The Morgan fingerprint density at radius 3 is 1.31 bits per heavy atom. The van der Waals surface area contributed by atoms with E-state index in [0.29, 0.717) is 0 Å². The molecule has 0 aromatic carbocycles. The Labute approximate surface area is 81.9 Å². The number of hydrogen-bond acceptors (Lipinski definition) is 1. The first kappa shape index (κ1) is 13.7. The van der Waals surface area contributed by atoms with Crippen LogP contribution in [0.2, 0.25) is 0 Å². The van der Waals surface area contributed by atoms with Crippen molar-refractivity contribution in [3.05, 3.63) is 0 Å². The van der Waals surface area contributed by atoms with Crippen LogP contribution in [0.25, 0.3) is 0 Å². The van der Waals surface area contributed by atoms with Crippen LogP contribution in [0.4, 0.5) is 26.3 Å². The van der Waals surface area contributed by atoms with Crippen LogP contribution < -0.4 is 0 Å². The van der Waals surface area contributed by atoms with E-state index in [1.54, 1.807) is 0 Å². The van der Waals surface area contributed by atoms with E-state index in [1.165, 1.54) is 0 Å². The van der Waals surface area contributed by atoms with Crippen molar-refractivity contribution in [3.8, 4) is 0 Å². The van der Waals surface area contributed by atoms with Gasteiger partial charge in [-0.25, -0.2) is 0 Å². The molecule has 0 unspecified atom stereocenters. The molecule has 0 aliphatic carbocycles. The molecule has 0 radical (unpaired) electrons. The molecule has 0 bridgehead atoms. The van der Waals surface area contributed by atoms with Crippen molar-refractivity contribution >= 4 is 33.0 Å².